The van der Waals surface area contributed by atoms with Gasteiger partial charge in [-0.25, -0.2) is 4.79 Å². The number of hydrogen-bond acceptors (Lipinski definition) is 4. The van der Waals surface area contributed by atoms with Crippen molar-refractivity contribution in [2.45, 2.75) is 50.5 Å². The summed E-state index contributed by atoms with van der Waals surface area (Å²) in [7, 11) is 0. The van der Waals surface area contributed by atoms with E-state index >= 15 is 0 Å². The zero-order valence-corrected chi connectivity index (χ0v) is 19.8. The van der Waals surface area contributed by atoms with Gasteiger partial charge in [-0.2, -0.15) is 0 Å². The number of carbonyl (C=O) groups is 3. The van der Waals surface area contributed by atoms with Crippen LogP contribution in [-0.4, -0.2) is 53.7 Å². The average molecular weight is 477 g/mol. The number of carboxylic acids is 1. The van der Waals surface area contributed by atoms with E-state index < -0.39 is 12.1 Å². The van der Waals surface area contributed by atoms with E-state index in [0.717, 1.165) is 30.4 Å². The molecule has 3 aliphatic rings. The zero-order chi connectivity index (χ0) is 24.4. The monoisotopic (exact) mass is 476 g/mol. The van der Waals surface area contributed by atoms with Gasteiger partial charge in [0.25, 0.3) is 0 Å². The highest BCUT2D eigenvalue weighted by Crippen LogP contribution is 2.44. The van der Waals surface area contributed by atoms with Crippen molar-refractivity contribution in [2.75, 3.05) is 19.7 Å². The maximum atomic E-state index is 12.9. The van der Waals surface area contributed by atoms with E-state index in [1.807, 2.05) is 24.3 Å². The molecule has 0 bridgehead atoms. The molecule has 0 radical (unpaired) electrons. The SMILES string of the molecule is O=C(O)CC1CCN(C(=O)CC(NC(=O)OCC2c3ccccc3-c3ccccc32)C2CCC2)C1. The summed E-state index contributed by atoms with van der Waals surface area (Å²) in [5, 5.41) is 12.0. The Morgan fingerprint density at radius 2 is 1.66 bits per heavy atom. The van der Waals surface area contributed by atoms with Crippen molar-refractivity contribution < 1.29 is 24.2 Å². The largest absolute Gasteiger partial charge is 0.481 e. The molecule has 2 fully saturated rings. The number of carboxylic acid groups (broad SMARTS) is 1. The summed E-state index contributed by atoms with van der Waals surface area (Å²) in [6.45, 7) is 1.31. The first-order valence-electron chi connectivity index (χ1n) is 12.6. The molecule has 7 heteroatoms. The van der Waals surface area contributed by atoms with E-state index in [0.29, 0.717) is 19.5 Å². The number of aliphatic carboxylic acids is 1. The standard InChI is InChI=1S/C28H32N2O5/c31-26(30-13-12-18(16-30)14-27(32)33)15-25(19-6-5-7-19)29-28(34)35-17-24-22-10-3-1-8-20(22)21-9-2-4-11-23(21)24/h1-4,8-11,18-19,24-25H,5-7,12-17H2,(H,29,34)(H,32,33). The molecule has 2 atom stereocenters. The van der Waals surface area contributed by atoms with Crippen LogP contribution in [0.1, 0.15) is 55.6 Å². The predicted molar refractivity (Wildman–Crippen MR) is 131 cm³/mol. The Labute approximate surface area is 205 Å². The Morgan fingerprint density at radius 1 is 1.00 bits per heavy atom. The summed E-state index contributed by atoms with van der Waals surface area (Å²) in [6.07, 6.45) is 3.63. The molecule has 7 nitrogen and oxygen atoms in total. The topological polar surface area (TPSA) is 95.9 Å². The average Bonchev–Trinajstić information content (AvgIpc) is 3.39. The van der Waals surface area contributed by atoms with Crippen LogP contribution < -0.4 is 5.32 Å². The number of benzene rings is 2. The second-order valence-electron chi connectivity index (χ2n) is 10.1. The molecule has 0 spiro atoms. The molecule has 2 amide bonds. The fourth-order valence-electron chi connectivity index (χ4n) is 5.76. The molecule has 1 saturated carbocycles. The van der Waals surface area contributed by atoms with Crippen LogP contribution >= 0.6 is 0 Å². The van der Waals surface area contributed by atoms with E-state index in [9.17, 15) is 14.4 Å². The van der Waals surface area contributed by atoms with Crippen molar-refractivity contribution >= 4 is 18.0 Å². The summed E-state index contributed by atoms with van der Waals surface area (Å²) in [4.78, 5) is 38.5. The summed E-state index contributed by atoms with van der Waals surface area (Å²) in [6, 6.07) is 16.2. The maximum absolute atomic E-state index is 12.9. The van der Waals surface area contributed by atoms with Crippen molar-refractivity contribution in [1.82, 2.24) is 10.2 Å². The number of fused-ring (bicyclic) bond motifs is 3. The molecule has 0 aromatic heterocycles. The van der Waals surface area contributed by atoms with Crippen LogP contribution in [0.5, 0.6) is 0 Å². The number of likely N-dealkylation sites (tertiary alicyclic amines) is 1. The van der Waals surface area contributed by atoms with Crippen LogP contribution in [0.4, 0.5) is 4.79 Å². The second-order valence-corrected chi connectivity index (χ2v) is 10.1. The van der Waals surface area contributed by atoms with Crippen molar-refractivity contribution in [1.29, 1.82) is 0 Å². The van der Waals surface area contributed by atoms with Gasteiger partial charge in [-0.05, 0) is 53.4 Å². The molecule has 2 N–H and O–H groups in total. The highest BCUT2D eigenvalue weighted by Gasteiger charge is 2.35. The van der Waals surface area contributed by atoms with Gasteiger partial charge in [0.05, 0.1) is 0 Å². The lowest BCUT2D eigenvalue weighted by atomic mass is 9.78. The van der Waals surface area contributed by atoms with Crippen molar-refractivity contribution in [2.24, 2.45) is 11.8 Å². The molecule has 2 unspecified atom stereocenters. The van der Waals surface area contributed by atoms with Crippen LogP contribution in [0.2, 0.25) is 0 Å². The summed E-state index contributed by atoms with van der Waals surface area (Å²) in [5.74, 6) is -0.569. The molecule has 184 valence electrons. The lowest BCUT2D eigenvalue weighted by Crippen LogP contribution is -2.46. The molecule has 2 aromatic rings. The van der Waals surface area contributed by atoms with Gasteiger partial charge in [0.2, 0.25) is 5.91 Å². The Balaban J connectivity index is 1.19. The molecular weight excluding hydrogens is 444 g/mol. The molecule has 1 aliphatic heterocycles. The quantitative estimate of drug-likeness (QED) is 0.589. The van der Waals surface area contributed by atoms with E-state index in [4.69, 9.17) is 9.84 Å². The number of rotatable bonds is 8. The summed E-state index contributed by atoms with van der Waals surface area (Å²) < 4.78 is 5.72. The fourth-order valence-corrected chi connectivity index (χ4v) is 5.76. The molecule has 5 rings (SSSR count). The Bertz CT molecular complexity index is 1070. The molecule has 2 aromatic carbocycles. The van der Waals surface area contributed by atoms with E-state index in [1.165, 1.54) is 11.1 Å². The lowest BCUT2D eigenvalue weighted by Gasteiger charge is -2.34. The number of alkyl carbamates (subject to hydrolysis) is 1. The van der Waals surface area contributed by atoms with Gasteiger partial charge in [-0.1, -0.05) is 55.0 Å². The van der Waals surface area contributed by atoms with E-state index in [2.05, 4.69) is 29.6 Å². The second kappa shape index (κ2) is 10.1. The minimum atomic E-state index is -0.825. The third-order valence-corrected chi connectivity index (χ3v) is 7.86. The van der Waals surface area contributed by atoms with Crippen LogP contribution in [0.25, 0.3) is 11.1 Å². The van der Waals surface area contributed by atoms with Gasteiger partial charge >= 0.3 is 12.1 Å². The summed E-state index contributed by atoms with van der Waals surface area (Å²) in [5.41, 5.74) is 4.69. The van der Waals surface area contributed by atoms with Gasteiger partial charge in [-0.3, -0.25) is 9.59 Å². The molecule has 1 heterocycles. The fraction of sp³-hybridized carbons (Fsp3) is 0.464. The number of hydrogen-bond donors (Lipinski definition) is 2. The zero-order valence-electron chi connectivity index (χ0n) is 19.8. The first kappa shape index (κ1) is 23.4. The number of nitrogens with one attached hydrogen (secondary N) is 1. The Kier molecular flexibility index (Phi) is 6.75. The van der Waals surface area contributed by atoms with Crippen LogP contribution in [0, 0.1) is 11.8 Å². The number of amides is 2. The normalized spacial score (nSPS) is 20.0. The predicted octanol–water partition coefficient (Wildman–Crippen LogP) is 4.41. The third-order valence-electron chi connectivity index (χ3n) is 7.86. The van der Waals surface area contributed by atoms with Gasteiger partial charge in [-0.15, -0.1) is 0 Å². The van der Waals surface area contributed by atoms with Crippen LogP contribution in [0.15, 0.2) is 48.5 Å². The smallest absolute Gasteiger partial charge is 0.407 e. The minimum absolute atomic E-state index is 0.00676. The van der Waals surface area contributed by atoms with E-state index in [1.54, 1.807) is 4.90 Å². The molecule has 1 saturated heterocycles. The Hall–Kier alpha value is -3.35. The van der Waals surface area contributed by atoms with Crippen molar-refractivity contribution in [3.05, 3.63) is 59.7 Å². The molecule has 35 heavy (non-hydrogen) atoms. The highest BCUT2D eigenvalue weighted by molar-refractivity contribution is 5.80. The molecular formula is C28H32N2O5. The first-order valence-corrected chi connectivity index (χ1v) is 12.6. The third kappa shape index (κ3) is 5.04. The van der Waals surface area contributed by atoms with Gasteiger partial charge in [0.15, 0.2) is 0 Å². The summed E-state index contributed by atoms with van der Waals surface area (Å²) >= 11 is 0. The van der Waals surface area contributed by atoms with Crippen LogP contribution in [0.3, 0.4) is 0 Å². The lowest BCUT2D eigenvalue weighted by molar-refractivity contribution is -0.138. The van der Waals surface area contributed by atoms with Crippen LogP contribution in [-0.2, 0) is 14.3 Å². The van der Waals surface area contributed by atoms with Gasteiger partial charge < -0.3 is 20.1 Å². The first-order chi connectivity index (χ1) is 17.0. The van der Waals surface area contributed by atoms with Crippen molar-refractivity contribution in [3.8, 4) is 11.1 Å². The number of ether oxygens (including phenoxy) is 1. The highest BCUT2D eigenvalue weighted by atomic mass is 16.5. The molecule has 2 aliphatic carbocycles. The van der Waals surface area contributed by atoms with E-state index in [-0.39, 0.29) is 49.2 Å². The van der Waals surface area contributed by atoms with Gasteiger partial charge in [0.1, 0.15) is 6.61 Å². The Morgan fingerprint density at radius 3 is 2.26 bits per heavy atom. The van der Waals surface area contributed by atoms with Gasteiger partial charge in [0, 0.05) is 37.9 Å². The number of carbonyl (C=O) groups excluding carboxylic acids is 2. The number of nitrogens with zero attached hydrogens (tertiary/aromatic N) is 1. The minimum Gasteiger partial charge on any atom is -0.481 e. The van der Waals surface area contributed by atoms with Crippen molar-refractivity contribution in [3.63, 3.8) is 0 Å². The maximum Gasteiger partial charge on any atom is 0.407 e.